The molecule has 0 radical (unpaired) electrons. The molecular formula is C45H28IrN5S2. The monoisotopic (exact) mass is 895 g/mol. The number of nitriles is 1. The van der Waals surface area contributed by atoms with Gasteiger partial charge >= 0.3 is 20.1 Å². The van der Waals surface area contributed by atoms with Crippen molar-refractivity contribution in [2.24, 2.45) is 0 Å². The molecule has 0 fully saturated rings. The maximum Gasteiger partial charge on any atom is 3.00 e. The van der Waals surface area contributed by atoms with E-state index in [1.54, 1.807) is 53.1 Å². The minimum absolute atomic E-state index is 0. The van der Waals surface area contributed by atoms with E-state index in [1.165, 1.54) is 4.88 Å². The van der Waals surface area contributed by atoms with E-state index in [0.717, 1.165) is 38.6 Å². The van der Waals surface area contributed by atoms with Gasteiger partial charge in [0.05, 0.1) is 46.2 Å². The standard InChI is InChI=1S/C24H13N3S.C21H15N2S.Ir/c1-26-21-10-5-9-20(16-21)24(23-12-6-14-28-23,22-11-2-3-13-27-22)19-8-4-7-18(15-19)17-25;1-2-9-17(10-3-1)21(20-13-8-16-24-20,18-11-4-6-14-22-18)19-12-5-7-15-23-19;/h2-7,10-16H;1-9,11-16H;/q-2;-1;+3. The average Bonchev–Trinajstić information content (AvgIpc) is 3.98. The van der Waals surface area contributed by atoms with Crippen molar-refractivity contribution >= 4 is 28.4 Å². The number of pyridine rings is 3. The van der Waals surface area contributed by atoms with E-state index in [0.29, 0.717) is 11.3 Å². The van der Waals surface area contributed by atoms with Crippen molar-refractivity contribution in [3.05, 3.63) is 248 Å². The first kappa shape index (κ1) is 36.9. The van der Waals surface area contributed by atoms with Gasteiger partial charge in [0.25, 0.3) is 0 Å². The minimum Gasteiger partial charge on any atom is -0.265 e. The molecule has 0 bridgehead atoms. The Balaban J connectivity index is 0.000000180. The van der Waals surface area contributed by atoms with Gasteiger partial charge in [0, 0.05) is 28.3 Å². The maximum absolute atomic E-state index is 9.46. The van der Waals surface area contributed by atoms with E-state index in [-0.39, 0.29) is 20.1 Å². The SMILES string of the molecule is [C-]#[N+]c1cc[c-]c(C(c2[c-]ccc(C#N)c2)(c2ccccn2)c2cccs2)c1.[Ir+3].[c-]1ccccc1C(c1ccccn1)(c1ccccn1)c1cccs1. The predicted molar refractivity (Wildman–Crippen MR) is 206 cm³/mol. The van der Waals surface area contributed by atoms with Crippen LogP contribution < -0.4 is 0 Å². The van der Waals surface area contributed by atoms with Crippen LogP contribution in [-0.2, 0) is 30.9 Å². The van der Waals surface area contributed by atoms with Gasteiger partial charge in [0.1, 0.15) is 0 Å². The summed E-state index contributed by atoms with van der Waals surface area (Å²) in [5, 5.41) is 13.6. The molecule has 0 saturated carbocycles. The molecule has 0 aliphatic heterocycles. The van der Waals surface area contributed by atoms with Crippen LogP contribution in [0.2, 0.25) is 0 Å². The van der Waals surface area contributed by atoms with Gasteiger partial charge < -0.3 is 0 Å². The van der Waals surface area contributed by atoms with Crippen LogP contribution in [0.25, 0.3) is 4.85 Å². The van der Waals surface area contributed by atoms with Crippen molar-refractivity contribution < 1.29 is 20.1 Å². The smallest absolute Gasteiger partial charge is 0.265 e. The second kappa shape index (κ2) is 17.1. The first-order valence-corrected chi connectivity index (χ1v) is 18.1. The van der Waals surface area contributed by atoms with Gasteiger partial charge in [0.2, 0.25) is 0 Å². The molecule has 0 aliphatic carbocycles. The summed E-state index contributed by atoms with van der Waals surface area (Å²) in [7, 11) is 0. The molecular weight excluding hydrogens is 867 g/mol. The molecule has 1 unspecified atom stereocenters. The molecule has 0 aliphatic rings. The average molecular weight is 895 g/mol. The maximum atomic E-state index is 9.46. The van der Waals surface area contributed by atoms with Gasteiger partial charge in [-0.25, -0.2) is 0 Å². The Morgan fingerprint density at radius 3 is 1.58 bits per heavy atom. The van der Waals surface area contributed by atoms with E-state index in [1.807, 2.05) is 103 Å². The van der Waals surface area contributed by atoms with Gasteiger partial charge in [-0.3, -0.25) is 19.8 Å². The van der Waals surface area contributed by atoms with Crippen molar-refractivity contribution in [3.63, 3.8) is 0 Å². The van der Waals surface area contributed by atoms with Crippen molar-refractivity contribution in [1.29, 1.82) is 5.26 Å². The van der Waals surface area contributed by atoms with Gasteiger partial charge in [0.15, 0.2) is 0 Å². The molecule has 5 heterocycles. The number of rotatable bonds is 8. The topological polar surface area (TPSA) is 66.8 Å². The van der Waals surface area contributed by atoms with Gasteiger partial charge in [-0.15, -0.1) is 39.9 Å². The van der Waals surface area contributed by atoms with Crippen LogP contribution in [0.3, 0.4) is 0 Å². The summed E-state index contributed by atoms with van der Waals surface area (Å²) in [5.41, 5.74) is 5.05. The molecule has 5 nitrogen and oxygen atoms in total. The van der Waals surface area contributed by atoms with Gasteiger partial charge in [-0.1, -0.05) is 35.9 Å². The van der Waals surface area contributed by atoms with Crippen LogP contribution in [0.15, 0.2) is 169 Å². The first-order valence-electron chi connectivity index (χ1n) is 16.3. The summed E-state index contributed by atoms with van der Waals surface area (Å²) in [6.07, 6.45) is 5.43. The fraction of sp³-hybridized carbons (Fsp3) is 0.0444. The minimum atomic E-state index is -0.816. The van der Waals surface area contributed by atoms with Crippen molar-refractivity contribution in [1.82, 2.24) is 15.0 Å². The first-order chi connectivity index (χ1) is 25.7. The fourth-order valence-electron chi connectivity index (χ4n) is 6.46. The molecule has 8 aromatic rings. The van der Waals surface area contributed by atoms with Crippen LogP contribution in [0.5, 0.6) is 0 Å². The number of hydrogen-bond acceptors (Lipinski definition) is 6. The Hall–Kier alpha value is -5.86. The third-order valence-corrected chi connectivity index (χ3v) is 10.7. The second-order valence-electron chi connectivity index (χ2n) is 11.6. The predicted octanol–water partition coefficient (Wildman–Crippen LogP) is 10.3. The number of thiophene rings is 2. The summed E-state index contributed by atoms with van der Waals surface area (Å²) in [6, 6.07) is 57.1. The summed E-state index contributed by atoms with van der Waals surface area (Å²) in [4.78, 5) is 19.9. The zero-order valence-corrected chi connectivity index (χ0v) is 32.1. The van der Waals surface area contributed by atoms with Gasteiger partial charge in [-0.2, -0.15) is 83.6 Å². The molecule has 254 valence electrons. The quantitative estimate of drug-likeness (QED) is 0.143. The molecule has 0 N–H and O–H groups in total. The van der Waals surface area contributed by atoms with E-state index in [9.17, 15) is 5.26 Å². The van der Waals surface area contributed by atoms with Crippen LogP contribution >= 0.6 is 22.7 Å². The molecule has 8 rings (SSSR count). The zero-order valence-electron chi connectivity index (χ0n) is 28.1. The molecule has 0 spiro atoms. The summed E-state index contributed by atoms with van der Waals surface area (Å²) >= 11 is 3.32. The third kappa shape index (κ3) is 7.15. The molecule has 1 atom stereocenters. The molecule has 5 aromatic heterocycles. The Morgan fingerprint density at radius 1 is 0.566 bits per heavy atom. The molecule has 8 heteroatoms. The molecule has 0 amide bonds. The summed E-state index contributed by atoms with van der Waals surface area (Å²) in [6.45, 7) is 7.44. The number of aromatic nitrogens is 3. The van der Waals surface area contributed by atoms with Crippen LogP contribution in [-0.4, -0.2) is 15.0 Å². The Bertz CT molecular complexity index is 2270. The summed E-state index contributed by atoms with van der Waals surface area (Å²) in [5.74, 6) is 0. The zero-order chi connectivity index (χ0) is 35.6. The normalized spacial score (nSPS) is 11.7. The number of hydrogen-bond donors (Lipinski definition) is 0. The largest absolute Gasteiger partial charge is 3.00 e. The van der Waals surface area contributed by atoms with E-state index in [2.05, 4.69) is 69.8 Å². The van der Waals surface area contributed by atoms with Crippen molar-refractivity contribution in [2.45, 2.75) is 10.8 Å². The Kier molecular flexibility index (Phi) is 11.9. The fourth-order valence-corrected chi connectivity index (χ4v) is 8.38. The molecule has 53 heavy (non-hydrogen) atoms. The Labute approximate surface area is 331 Å². The van der Waals surface area contributed by atoms with E-state index >= 15 is 0 Å². The van der Waals surface area contributed by atoms with Crippen LogP contribution in [0.1, 0.15) is 49.1 Å². The van der Waals surface area contributed by atoms with Crippen molar-refractivity contribution in [2.75, 3.05) is 0 Å². The second-order valence-corrected chi connectivity index (χ2v) is 13.4. The summed E-state index contributed by atoms with van der Waals surface area (Å²) < 4.78 is 0. The number of nitrogens with zero attached hydrogens (tertiary/aromatic N) is 5. The van der Waals surface area contributed by atoms with E-state index in [4.69, 9.17) is 16.5 Å². The van der Waals surface area contributed by atoms with Gasteiger partial charge in [-0.05, 0) is 59.3 Å². The molecule has 0 saturated heterocycles. The number of benzene rings is 3. The molecule has 3 aromatic carbocycles. The van der Waals surface area contributed by atoms with Crippen LogP contribution in [0.4, 0.5) is 5.69 Å². The van der Waals surface area contributed by atoms with Crippen LogP contribution in [0, 0.1) is 36.1 Å². The van der Waals surface area contributed by atoms with E-state index < -0.39 is 10.8 Å². The Morgan fingerprint density at radius 2 is 1.09 bits per heavy atom. The third-order valence-electron chi connectivity index (χ3n) is 8.69. The van der Waals surface area contributed by atoms with Crippen molar-refractivity contribution in [3.8, 4) is 6.07 Å².